The summed E-state index contributed by atoms with van der Waals surface area (Å²) in [5, 5.41) is 3.50. The van der Waals surface area contributed by atoms with Crippen LogP contribution in [0, 0.1) is 0 Å². The fourth-order valence-corrected chi connectivity index (χ4v) is 3.41. The van der Waals surface area contributed by atoms with Gasteiger partial charge in [-0.15, -0.1) is 0 Å². The molecule has 0 fully saturated rings. The van der Waals surface area contributed by atoms with Crippen molar-refractivity contribution in [2.75, 3.05) is 18.5 Å². The molecule has 0 saturated heterocycles. The van der Waals surface area contributed by atoms with Crippen molar-refractivity contribution >= 4 is 23.3 Å². The summed E-state index contributed by atoms with van der Waals surface area (Å²) in [6.45, 7) is 9.98. The van der Waals surface area contributed by atoms with Crippen molar-refractivity contribution in [3.63, 3.8) is 0 Å². The molecular weight excluding hydrogens is 322 g/mol. The first-order valence-corrected chi connectivity index (χ1v) is 9.25. The minimum atomic E-state index is -0.274. The summed E-state index contributed by atoms with van der Waals surface area (Å²) in [5.74, 6) is -0.274. The summed E-state index contributed by atoms with van der Waals surface area (Å²) in [6, 6.07) is 14.2. The van der Waals surface area contributed by atoms with Gasteiger partial charge in [0.25, 0.3) is 0 Å². The van der Waals surface area contributed by atoms with Crippen LogP contribution in [0.1, 0.15) is 61.2 Å². The monoisotopic (exact) mass is 349 g/mol. The third-order valence-electron chi connectivity index (χ3n) is 5.07. The van der Waals surface area contributed by atoms with Crippen LogP contribution in [0.3, 0.4) is 0 Å². The molecule has 0 spiro atoms. The number of allylic oxidation sites excluding steroid dienone is 1. The largest absolute Gasteiger partial charge is 0.462 e. The molecule has 3 rings (SSSR count). The lowest BCUT2D eigenvalue weighted by atomic mass is 9.77. The Kier molecular flexibility index (Phi) is 5.17. The van der Waals surface area contributed by atoms with Crippen LogP contribution in [-0.2, 0) is 10.2 Å². The third-order valence-corrected chi connectivity index (χ3v) is 5.07. The van der Waals surface area contributed by atoms with Crippen molar-refractivity contribution < 1.29 is 9.53 Å². The maximum atomic E-state index is 11.8. The molecule has 0 unspecified atom stereocenters. The number of carbonyl (C=O) groups excluding carboxylic acids is 1. The molecule has 2 aromatic carbocycles. The molecular formula is C23H27NO2. The Morgan fingerprint density at radius 3 is 2.54 bits per heavy atom. The summed E-state index contributed by atoms with van der Waals surface area (Å²) >= 11 is 0. The summed E-state index contributed by atoms with van der Waals surface area (Å²) in [7, 11) is 0. The van der Waals surface area contributed by atoms with E-state index in [4.69, 9.17) is 4.74 Å². The lowest BCUT2D eigenvalue weighted by Crippen LogP contribution is -2.28. The smallest absolute Gasteiger partial charge is 0.338 e. The highest BCUT2D eigenvalue weighted by molar-refractivity contribution is 5.90. The molecule has 136 valence electrons. The van der Waals surface area contributed by atoms with Crippen LogP contribution in [-0.4, -0.2) is 19.1 Å². The predicted molar refractivity (Wildman–Crippen MR) is 109 cm³/mol. The third kappa shape index (κ3) is 3.82. The summed E-state index contributed by atoms with van der Waals surface area (Å²) in [5.41, 5.74) is 6.92. The van der Waals surface area contributed by atoms with Gasteiger partial charge in [-0.2, -0.15) is 0 Å². The maximum absolute atomic E-state index is 11.8. The minimum Gasteiger partial charge on any atom is -0.462 e. The van der Waals surface area contributed by atoms with Gasteiger partial charge in [-0.1, -0.05) is 38.1 Å². The number of ether oxygens (including phenoxy) is 1. The lowest BCUT2D eigenvalue weighted by molar-refractivity contribution is 0.0526. The molecule has 1 heterocycles. The van der Waals surface area contributed by atoms with Gasteiger partial charge in [-0.3, -0.25) is 0 Å². The maximum Gasteiger partial charge on any atom is 0.338 e. The second-order valence-electron chi connectivity index (χ2n) is 7.49. The number of anilines is 1. The molecule has 2 aromatic rings. The number of rotatable bonds is 4. The predicted octanol–water partition coefficient (Wildman–Crippen LogP) is 5.52. The van der Waals surface area contributed by atoms with E-state index in [1.807, 2.05) is 31.2 Å². The summed E-state index contributed by atoms with van der Waals surface area (Å²) in [6.07, 6.45) is 3.29. The van der Waals surface area contributed by atoms with Gasteiger partial charge in [0.05, 0.1) is 12.2 Å². The van der Waals surface area contributed by atoms with Crippen molar-refractivity contribution in [3.05, 3.63) is 64.7 Å². The van der Waals surface area contributed by atoms with E-state index in [1.54, 1.807) is 0 Å². The van der Waals surface area contributed by atoms with Gasteiger partial charge in [-0.25, -0.2) is 4.79 Å². The number of nitrogens with one attached hydrogen (secondary N) is 1. The lowest BCUT2D eigenvalue weighted by Gasteiger charge is -2.33. The van der Waals surface area contributed by atoms with Crippen LogP contribution in [0.2, 0.25) is 0 Å². The molecule has 0 aliphatic carbocycles. The molecule has 0 aromatic heterocycles. The Balaban J connectivity index is 1.85. The molecule has 0 amide bonds. The molecule has 1 aliphatic rings. The topological polar surface area (TPSA) is 38.3 Å². The molecule has 0 atom stereocenters. The van der Waals surface area contributed by atoms with Crippen LogP contribution in [0.4, 0.5) is 5.69 Å². The van der Waals surface area contributed by atoms with Gasteiger partial charge in [0.15, 0.2) is 0 Å². The number of hydrogen-bond acceptors (Lipinski definition) is 3. The number of carbonyl (C=O) groups is 1. The standard InChI is InChI=1S/C23H27NO2/c1-5-26-22(25)18-8-6-17(7-9-18)14-16(2)19-10-11-21-20(15-19)23(3,4)12-13-24-21/h6-11,14-15,24H,5,12-13H2,1-4H3/b16-14+. The van der Waals surface area contributed by atoms with Gasteiger partial charge >= 0.3 is 5.97 Å². The summed E-state index contributed by atoms with van der Waals surface area (Å²) in [4.78, 5) is 11.8. The molecule has 0 radical (unpaired) electrons. The van der Waals surface area contributed by atoms with Crippen molar-refractivity contribution in [1.82, 2.24) is 0 Å². The second-order valence-corrected chi connectivity index (χ2v) is 7.49. The fourth-order valence-electron chi connectivity index (χ4n) is 3.41. The van der Waals surface area contributed by atoms with E-state index in [2.05, 4.69) is 50.4 Å². The fraction of sp³-hybridized carbons (Fsp3) is 0.348. The Morgan fingerprint density at radius 2 is 1.85 bits per heavy atom. The first-order valence-electron chi connectivity index (χ1n) is 9.25. The van der Waals surface area contributed by atoms with Gasteiger partial charge in [0.1, 0.15) is 0 Å². The normalized spacial score (nSPS) is 15.8. The second kappa shape index (κ2) is 7.36. The average molecular weight is 349 g/mol. The molecule has 26 heavy (non-hydrogen) atoms. The quantitative estimate of drug-likeness (QED) is 0.584. The van der Waals surface area contributed by atoms with Crippen molar-refractivity contribution in [3.8, 4) is 0 Å². The van der Waals surface area contributed by atoms with Gasteiger partial charge in [-0.05, 0) is 72.2 Å². The Labute approximate surface area is 156 Å². The Bertz CT molecular complexity index is 832. The van der Waals surface area contributed by atoms with Crippen LogP contribution in [0.5, 0.6) is 0 Å². The highest BCUT2D eigenvalue weighted by Gasteiger charge is 2.27. The minimum absolute atomic E-state index is 0.193. The molecule has 0 bridgehead atoms. The van der Waals surface area contributed by atoms with Crippen LogP contribution in [0.15, 0.2) is 42.5 Å². The number of fused-ring (bicyclic) bond motifs is 1. The van der Waals surface area contributed by atoms with E-state index < -0.39 is 0 Å². The van der Waals surface area contributed by atoms with Gasteiger partial charge in [0.2, 0.25) is 0 Å². The number of hydrogen-bond donors (Lipinski definition) is 1. The zero-order chi connectivity index (χ0) is 18.7. The first-order chi connectivity index (χ1) is 12.4. The molecule has 3 heteroatoms. The number of esters is 1. The average Bonchev–Trinajstić information content (AvgIpc) is 2.62. The van der Waals surface area contributed by atoms with Crippen LogP contribution < -0.4 is 5.32 Å². The Hall–Kier alpha value is -2.55. The van der Waals surface area contributed by atoms with E-state index >= 15 is 0 Å². The first kappa shape index (κ1) is 18.2. The highest BCUT2D eigenvalue weighted by Crippen LogP contribution is 2.38. The van der Waals surface area contributed by atoms with Crippen LogP contribution in [0.25, 0.3) is 11.6 Å². The number of benzene rings is 2. The molecule has 3 nitrogen and oxygen atoms in total. The van der Waals surface area contributed by atoms with E-state index in [0.29, 0.717) is 12.2 Å². The Morgan fingerprint density at radius 1 is 1.15 bits per heavy atom. The van der Waals surface area contributed by atoms with Gasteiger partial charge < -0.3 is 10.1 Å². The zero-order valence-corrected chi connectivity index (χ0v) is 16.1. The van der Waals surface area contributed by atoms with E-state index in [-0.39, 0.29) is 11.4 Å². The van der Waals surface area contributed by atoms with Crippen molar-refractivity contribution in [2.45, 2.75) is 39.5 Å². The van der Waals surface area contributed by atoms with Crippen LogP contribution >= 0.6 is 0 Å². The SMILES string of the molecule is CCOC(=O)c1ccc(/C=C(\C)c2ccc3c(c2)C(C)(C)CCN3)cc1. The van der Waals surface area contributed by atoms with E-state index in [0.717, 1.165) is 18.5 Å². The van der Waals surface area contributed by atoms with Gasteiger partial charge in [0, 0.05) is 12.2 Å². The van der Waals surface area contributed by atoms with E-state index in [1.165, 1.54) is 22.4 Å². The molecule has 0 saturated carbocycles. The molecule has 1 N–H and O–H groups in total. The zero-order valence-electron chi connectivity index (χ0n) is 16.1. The van der Waals surface area contributed by atoms with E-state index in [9.17, 15) is 4.79 Å². The molecule has 1 aliphatic heterocycles. The van der Waals surface area contributed by atoms with Crippen molar-refractivity contribution in [2.24, 2.45) is 0 Å². The van der Waals surface area contributed by atoms with Crippen molar-refractivity contribution in [1.29, 1.82) is 0 Å². The highest BCUT2D eigenvalue weighted by atomic mass is 16.5. The summed E-state index contributed by atoms with van der Waals surface area (Å²) < 4.78 is 5.03.